The molecule has 1 saturated heterocycles. The monoisotopic (exact) mass is 542 g/mol. The van der Waals surface area contributed by atoms with Crippen LogP contribution in [0.15, 0.2) is 59.5 Å². The first-order valence-electron chi connectivity index (χ1n) is 9.49. The van der Waals surface area contributed by atoms with Crippen LogP contribution in [0.25, 0.3) is 0 Å². The minimum atomic E-state index is -3.95. The molecular formula is C21H23IN2O5S. The van der Waals surface area contributed by atoms with Crippen LogP contribution >= 0.6 is 22.6 Å². The Bertz CT molecular complexity index is 1040. The molecule has 0 saturated carbocycles. The Kier molecular flexibility index (Phi) is 6.66. The maximum absolute atomic E-state index is 13.5. The van der Waals surface area contributed by atoms with Crippen molar-refractivity contribution < 1.29 is 23.1 Å². The van der Waals surface area contributed by atoms with Gasteiger partial charge in [-0.15, -0.1) is 0 Å². The van der Waals surface area contributed by atoms with Gasteiger partial charge in [0.15, 0.2) is 11.3 Å². The molecule has 0 bridgehead atoms. The number of halogens is 1. The SMILES string of the molecule is C[C@H](c1ccc(I)cc1)[C@@](N)(C(=O)O)C(=O)[C@@H]1CCCN1S(=O)(=O)c1ccccc1. The van der Waals surface area contributed by atoms with Gasteiger partial charge in [0.05, 0.1) is 10.9 Å². The zero-order chi connectivity index (χ0) is 22.1. The molecule has 160 valence electrons. The van der Waals surface area contributed by atoms with Crippen molar-refractivity contribution in [1.82, 2.24) is 4.31 Å². The van der Waals surface area contributed by atoms with E-state index in [1.165, 1.54) is 12.1 Å². The number of carbonyl (C=O) groups excluding carboxylic acids is 1. The maximum atomic E-state index is 13.5. The second-order valence-electron chi connectivity index (χ2n) is 7.40. The van der Waals surface area contributed by atoms with Gasteiger partial charge < -0.3 is 10.8 Å². The maximum Gasteiger partial charge on any atom is 0.332 e. The number of hydrogen-bond acceptors (Lipinski definition) is 5. The van der Waals surface area contributed by atoms with Crippen LogP contribution in [0.5, 0.6) is 0 Å². The lowest BCUT2D eigenvalue weighted by molar-refractivity contribution is -0.150. The number of benzene rings is 2. The summed E-state index contributed by atoms with van der Waals surface area (Å²) in [4.78, 5) is 25.7. The van der Waals surface area contributed by atoms with Crippen LogP contribution in [0.2, 0.25) is 0 Å². The van der Waals surface area contributed by atoms with Gasteiger partial charge in [-0.05, 0) is 65.3 Å². The molecule has 1 heterocycles. The predicted molar refractivity (Wildman–Crippen MR) is 120 cm³/mol. The van der Waals surface area contributed by atoms with Gasteiger partial charge in [-0.2, -0.15) is 4.31 Å². The molecule has 1 aliphatic rings. The van der Waals surface area contributed by atoms with E-state index < -0.39 is 39.3 Å². The second kappa shape index (κ2) is 8.74. The number of ketones is 1. The molecule has 3 atom stereocenters. The third kappa shape index (κ3) is 4.03. The molecule has 0 radical (unpaired) electrons. The number of carbonyl (C=O) groups is 2. The fraction of sp³-hybridized carbons (Fsp3) is 0.333. The minimum Gasteiger partial charge on any atom is -0.480 e. The highest BCUT2D eigenvalue weighted by molar-refractivity contribution is 14.1. The Morgan fingerprint density at radius 1 is 1.17 bits per heavy atom. The zero-order valence-electron chi connectivity index (χ0n) is 16.4. The molecule has 1 aliphatic heterocycles. The van der Waals surface area contributed by atoms with E-state index >= 15 is 0 Å². The number of nitrogens with zero attached hydrogens (tertiary/aromatic N) is 1. The van der Waals surface area contributed by atoms with Crippen LogP contribution in [0.1, 0.15) is 31.2 Å². The summed E-state index contributed by atoms with van der Waals surface area (Å²) in [5, 5.41) is 9.94. The van der Waals surface area contributed by atoms with E-state index in [-0.39, 0.29) is 17.9 Å². The van der Waals surface area contributed by atoms with Crippen molar-refractivity contribution in [3.05, 3.63) is 63.7 Å². The summed E-state index contributed by atoms with van der Waals surface area (Å²) in [6.45, 7) is 1.72. The van der Waals surface area contributed by atoms with Gasteiger partial charge in [-0.1, -0.05) is 37.3 Å². The standard InChI is InChI=1S/C21H23IN2O5S/c1-14(15-9-11-16(22)12-10-15)21(23,20(26)27)19(25)18-8-5-13-24(18)30(28,29)17-6-3-2-4-7-17/h2-4,6-7,9-12,14,18H,5,8,13,23H2,1H3,(H,26,27)/t14-,18+,21+/m1/s1. The molecule has 30 heavy (non-hydrogen) atoms. The van der Waals surface area contributed by atoms with E-state index in [2.05, 4.69) is 22.6 Å². The van der Waals surface area contributed by atoms with E-state index in [4.69, 9.17) is 5.73 Å². The van der Waals surface area contributed by atoms with E-state index in [9.17, 15) is 23.1 Å². The number of carboxylic acids is 1. The van der Waals surface area contributed by atoms with Crippen LogP contribution in [0.4, 0.5) is 0 Å². The van der Waals surface area contributed by atoms with Gasteiger partial charge in [0.2, 0.25) is 10.0 Å². The number of Topliss-reactive ketones (excluding diaryl/α,β-unsaturated/α-hetero) is 1. The van der Waals surface area contributed by atoms with E-state index in [0.717, 1.165) is 7.88 Å². The summed E-state index contributed by atoms with van der Waals surface area (Å²) in [6.07, 6.45) is 0.687. The Labute approximate surface area is 189 Å². The van der Waals surface area contributed by atoms with Crippen molar-refractivity contribution in [2.24, 2.45) is 5.73 Å². The van der Waals surface area contributed by atoms with E-state index in [0.29, 0.717) is 12.0 Å². The van der Waals surface area contributed by atoms with Crippen molar-refractivity contribution in [1.29, 1.82) is 0 Å². The van der Waals surface area contributed by atoms with Crippen LogP contribution in [0, 0.1) is 3.57 Å². The highest BCUT2D eigenvalue weighted by atomic mass is 127. The van der Waals surface area contributed by atoms with Crippen LogP contribution in [-0.4, -0.2) is 47.7 Å². The third-order valence-corrected chi connectivity index (χ3v) is 8.31. The number of sulfonamides is 1. The molecule has 3 rings (SSSR count). The average Bonchev–Trinajstić information content (AvgIpc) is 3.24. The molecule has 0 amide bonds. The number of nitrogens with two attached hydrogens (primary N) is 1. The quantitative estimate of drug-likeness (QED) is 0.411. The first-order chi connectivity index (χ1) is 14.1. The summed E-state index contributed by atoms with van der Waals surface area (Å²) in [5.74, 6) is -3.11. The molecule has 0 aliphatic carbocycles. The number of carboxylic acid groups (broad SMARTS) is 1. The molecule has 3 N–H and O–H groups in total. The van der Waals surface area contributed by atoms with Gasteiger partial charge in [0, 0.05) is 16.0 Å². The molecule has 2 aromatic carbocycles. The minimum absolute atomic E-state index is 0.0633. The van der Waals surface area contributed by atoms with E-state index in [1.54, 1.807) is 49.4 Å². The topological polar surface area (TPSA) is 118 Å². The Balaban J connectivity index is 1.98. The van der Waals surface area contributed by atoms with Gasteiger partial charge in [0.1, 0.15) is 0 Å². The molecule has 9 heteroatoms. The van der Waals surface area contributed by atoms with Crippen LogP contribution in [0.3, 0.4) is 0 Å². The summed E-state index contributed by atoms with van der Waals surface area (Å²) >= 11 is 2.13. The number of hydrogen-bond donors (Lipinski definition) is 2. The highest BCUT2D eigenvalue weighted by Crippen LogP contribution is 2.34. The molecule has 0 aromatic heterocycles. The van der Waals surface area contributed by atoms with Crippen molar-refractivity contribution in [3.63, 3.8) is 0 Å². The lowest BCUT2D eigenvalue weighted by Crippen LogP contribution is -2.63. The van der Waals surface area contributed by atoms with Crippen LogP contribution < -0.4 is 5.73 Å². The van der Waals surface area contributed by atoms with Gasteiger partial charge in [-0.3, -0.25) is 4.79 Å². The fourth-order valence-electron chi connectivity index (χ4n) is 3.81. The largest absolute Gasteiger partial charge is 0.480 e. The smallest absolute Gasteiger partial charge is 0.332 e. The molecule has 2 aromatic rings. The first-order valence-corrected chi connectivity index (χ1v) is 12.0. The molecular weight excluding hydrogens is 519 g/mol. The normalized spacial score (nSPS) is 20.4. The van der Waals surface area contributed by atoms with Crippen molar-refractivity contribution in [3.8, 4) is 0 Å². The third-order valence-electron chi connectivity index (χ3n) is 5.67. The average molecular weight is 542 g/mol. The lowest BCUT2D eigenvalue weighted by atomic mass is 9.75. The van der Waals surface area contributed by atoms with Gasteiger partial charge in [0.25, 0.3) is 0 Å². The van der Waals surface area contributed by atoms with Gasteiger partial charge in [-0.25, -0.2) is 13.2 Å². The Morgan fingerprint density at radius 3 is 2.33 bits per heavy atom. The van der Waals surface area contributed by atoms with Crippen LogP contribution in [-0.2, 0) is 19.6 Å². The van der Waals surface area contributed by atoms with E-state index in [1.807, 2.05) is 0 Å². The van der Waals surface area contributed by atoms with Crippen molar-refractivity contribution in [2.45, 2.75) is 42.2 Å². The zero-order valence-corrected chi connectivity index (χ0v) is 19.3. The van der Waals surface area contributed by atoms with Crippen molar-refractivity contribution >= 4 is 44.4 Å². The fourth-order valence-corrected chi connectivity index (χ4v) is 5.85. The Hall–Kier alpha value is -1.82. The number of rotatable bonds is 7. The molecule has 0 spiro atoms. The molecule has 1 fully saturated rings. The molecule has 7 nitrogen and oxygen atoms in total. The number of aliphatic carboxylic acids is 1. The molecule has 0 unspecified atom stereocenters. The Morgan fingerprint density at radius 2 is 1.77 bits per heavy atom. The van der Waals surface area contributed by atoms with Gasteiger partial charge >= 0.3 is 5.97 Å². The lowest BCUT2D eigenvalue weighted by Gasteiger charge is -2.34. The first kappa shape index (κ1) is 22.9. The second-order valence-corrected chi connectivity index (χ2v) is 10.5. The summed E-state index contributed by atoms with van der Waals surface area (Å²) in [5.41, 5.74) is 4.59. The van der Waals surface area contributed by atoms with Crippen molar-refractivity contribution in [2.75, 3.05) is 6.54 Å². The summed E-state index contributed by atoms with van der Waals surface area (Å²) < 4.78 is 28.3. The summed E-state index contributed by atoms with van der Waals surface area (Å²) in [6, 6.07) is 13.8. The predicted octanol–water partition coefficient (Wildman–Crippen LogP) is 2.60. The summed E-state index contributed by atoms with van der Waals surface area (Å²) in [7, 11) is -3.95. The highest BCUT2D eigenvalue weighted by Gasteiger charge is 2.53.